The molecule has 0 spiro atoms. The van der Waals surface area contributed by atoms with E-state index in [9.17, 15) is 9.90 Å². The molecule has 1 unspecified atom stereocenters. The third kappa shape index (κ3) is 3.46. The number of hydrogen-bond donors (Lipinski definition) is 2. The number of methoxy groups -OCH3 is 1. The zero-order valence-corrected chi connectivity index (χ0v) is 16.4. The van der Waals surface area contributed by atoms with Crippen molar-refractivity contribution in [3.63, 3.8) is 0 Å². The molecule has 1 saturated carbocycles. The Kier molecular flexibility index (Phi) is 5.26. The number of carbonyl (C=O) groups is 1. The molecule has 1 fully saturated rings. The highest BCUT2D eigenvalue weighted by molar-refractivity contribution is 5.96. The Morgan fingerprint density at radius 3 is 3.04 bits per heavy atom. The molecule has 1 aromatic heterocycles. The van der Waals surface area contributed by atoms with Crippen molar-refractivity contribution in [2.45, 2.75) is 25.3 Å². The lowest BCUT2D eigenvalue weighted by atomic mass is 9.77. The van der Waals surface area contributed by atoms with Crippen molar-refractivity contribution in [2.24, 2.45) is 11.8 Å². The summed E-state index contributed by atoms with van der Waals surface area (Å²) in [5.41, 5.74) is 1.94. The largest absolute Gasteiger partial charge is 0.497 e. The molecular formula is C21H27N3O4. The van der Waals surface area contributed by atoms with Crippen LogP contribution in [0.3, 0.4) is 0 Å². The molecule has 4 rings (SSSR count). The van der Waals surface area contributed by atoms with E-state index in [-0.39, 0.29) is 12.0 Å². The Morgan fingerprint density at radius 2 is 2.29 bits per heavy atom. The van der Waals surface area contributed by atoms with Crippen LogP contribution in [0.15, 0.2) is 24.4 Å². The molecule has 2 N–H and O–H groups in total. The summed E-state index contributed by atoms with van der Waals surface area (Å²) in [4.78, 5) is 18.6. The SMILES string of the molecule is CN[C@@H]1CC[C@@H](CN2CCOc3cnc4ccc(OC)cc4c32)CC1C(=O)O. The maximum Gasteiger partial charge on any atom is 0.308 e. The van der Waals surface area contributed by atoms with Crippen molar-refractivity contribution >= 4 is 22.6 Å². The van der Waals surface area contributed by atoms with Crippen LogP contribution < -0.4 is 19.7 Å². The van der Waals surface area contributed by atoms with Gasteiger partial charge in [-0.25, -0.2) is 0 Å². The van der Waals surface area contributed by atoms with E-state index in [0.29, 0.717) is 18.9 Å². The van der Waals surface area contributed by atoms with Crippen molar-refractivity contribution < 1.29 is 19.4 Å². The van der Waals surface area contributed by atoms with Crippen molar-refractivity contribution in [1.82, 2.24) is 10.3 Å². The van der Waals surface area contributed by atoms with Crippen LogP contribution in [-0.4, -0.2) is 56.0 Å². The molecule has 0 bridgehead atoms. The second kappa shape index (κ2) is 7.83. The predicted molar refractivity (Wildman–Crippen MR) is 107 cm³/mol. The summed E-state index contributed by atoms with van der Waals surface area (Å²) in [5, 5.41) is 13.8. The van der Waals surface area contributed by atoms with Gasteiger partial charge in [-0.3, -0.25) is 9.78 Å². The highest BCUT2D eigenvalue weighted by Crippen LogP contribution is 2.40. The van der Waals surface area contributed by atoms with Crippen LogP contribution in [-0.2, 0) is 4.79 Å². The molecule has 0 amide bonds. The summed E-state index contributed by atoms with van der Waals surface area (Å²) < 4.78 is 11.3. The highest BCUT2D eigenvalue weighted by atomic mass is 16.5. The van der Waals surface area contributed by atoms with Crippen LogP contribution in [0.1, 0.15) is 19.3 Å². The van der Waals surface area contributed by atoms with E-state index in [1.54, 1.807) is 13.3 Å². The first-order valence-corrected chi connectivity index (χ1v) is 9.85. The van der Waals surface area contributed by atoms with Crippen molar-refractivity contribution in [2.75, 3.05) is 38.8 Å². The fourth-order valence-corrected chi connectivity index (χ4v) is 4.61. The second-order valence-corrected chi connectivity index (χ2v) is 7.67. The van der Waals surface area contributed by atoms with E-state index in [1.807, 2.05) is 25.2 Å². The number of fused-ring (bicyclic) bond motifs is 3. The van der Waals surface area contributed by atoms with Gasteiger partial charge in [0.25, 0.3) is 0 Å². The average molecular weight is 385 g/mol. The van der Waals surface area contributed by atoms with Gasteiger partial charge in [0.15, 0.2) is 5.75 Å². The highest BCUT2D eigenvalue weighted by Gasteiger charge is 2.36. The van der Waals surface area contributed by atoms with Gasteiger partial charge in [0.1, 0.15) is 12.4 Å². The van der Waals surface area contributed by atoms with Crippen LogP contribution in [0.2, 0.25) is 0 Å². The lowest BCUT2D eigenvalue weighted by Gasteiger charge is -2.39. The molecule has 7 nitrogen and oxygen atoms in total. The number of carboxylic acids is 1. The first-order chi connectivity index (χ1) is 13.6. The van der Waals surface area contributed by atoms with Crippen molar-refractivity contribution in [3.8, 4) is 11.5 Å². The van der Waals surface area contributed by atoms with Crippen LogP contribution in [0.4, 0.5) is 5.69 Å². The van der Waals surface area contributed by atoms with Gasteiger partial charge in [-0.1, -0.05) is 0 Å². The molecule has 0 radical (unpaired) electrons. The summed E-state index contributed by atoms with van der Waals surface area (Å²) in [7, 11) is 3.51. The summed E-state index contributed by atoms with van der Waals surface area (Å²) in [6, 6.07) is 5.92. The minimum atomic E-state index is -0.703. The monoisotopic (exact) mass is 385 g/mol. The lowest BCUT2D eigenvalue weighted by Crippen LogP contribution is -2.45. The second-order valence-electron chi connectivity index (χ2n) is 7.67. The first kappa shape index (κ1) is 18.8. The third-order valence-corrected chi connectivity index (χ3v) is 6.07. The normalized spacial score (nSPS) is 24.5. The number of ether oxygens (including phenoxy) is 2. The Balaban J connectivity index is 1.62. The van der Waals surface area contributed by atoms with Gasteiger partial charge < -0.3 is 24.8 Å². The first-order valence-electron chi connectivity index (χ1n) is 9.85. The molecule has 1 aliphatic carbocycles. The van der Waals surface area contributed by atoms with Crippen LogP contribution in [0.25, 0.3) is 10.9 Å². The molecule has 2 aliphatic rings. The van der Waals surface area contributed by atoms with Gasteiger partial charge in [0, 0.05) is 18.0 Å². The van der Waals surface area contributed by atoms with Crippen LogP contribution in [0.5, 0.6) is 11.5 Å². The number of rotatable bonds is 5. The molecule has 28 heavy (non-hydrogen) atoms. The van der Waals surface area contributed by atoms with Crippen LogP contribution >= 0.6 is 0 Å². The van der Waals surface area contributed by atoms with Gasteiger partial charge in [0.2, 0.25) is 0 Å². The van der Waals surface area contributed by atoms with Gasteiger partial charge in [-0.15, -0.1) is 0 Å². The number of aliphatic carboxylic acids is 1. The number of nitrogens with zero attached hydrogens (tertiary/aromatic N) is 2. The summed E-state index contributed by atoms with van der Waals surface area (Å²) >= 11 is 0. The van der Waals surface area contributed by atoms with E-state index >= 15 is 0 Å². The lowest BCUT2D eigenvalue weighted by molar-refractivity contribution is -0.144. The van der Waals surface area contributed by atoms with Crippen molar-refractivity contribution in [1.29, 1.82) is 0 Å². The smallest absolute Gasteiger partial charge is 0.308 e. The molecule has 2 heterocycles. The zero-order valence-electron chi connectivity index (χ0n) is 16.4. The maximum absolute atomic E-state index is 11.7. The Hall–Kier alpha value is -2.54. The Morgan fingerprint density at radius 1 is 1.43 bits per heavy atom. The Labute approximate surface area is 164 Å². The number of anilines is 1. The number of carboxylic acid groups (broad SMARTS) is 1. The third-order valence-electron chi connectivity index (χ3n) is 6.07. The number of nitrogens with one attached hydrogen (secondary N) is 1. The van der Waals surface area contributed by atoms with E-state index < -0.39 is 5.97 Å². The molecule has 1 aromatic carbocycles. The molecule has 150 valence electrons. The number of benzene rings is 1. The molecule has 0 saturated heterocycles. The molecule has 1 aliphatic heterocycles. The Bertz CT molecular complexity index is 867. The summed E-state index contributed by atoms with van der Waals surface area (Å²) in [6.07, 6.45) is 4.39. The number of aromatic nitrogens is 1. The topological polar surface area (TPSA) is 83.9 Å². The van der Waals surface area contributed by atoms with E-state index in [2.05, 4.69) is 15.2 Å². The van der Waals surface area contributed by atoms with E-state index in [1.165, 1.54) is 0 Å². The van der Waals surface area contributed by atoms with Gasteiger partial charge in [-0.05, 0) is 50.4 Å². The standard InChI is InChI=1S/C21H27N3O4/c1-22-17-5-3-13(9-16(17)21(25)26)12-24-7-8-28-19-11-23-18-6-4-14(27-2)10-15(18)20(19)24/h4,6,10-11,13,16-17,22H,3,5,7-9,12H2,1-2H3,(H,25,26)/t13-,16?,17-/m1/s1. The van der Waals surface area contributed by atoms with E-state index in [4.69, 9.17) is 9.47 Å². The van der Waals surface area contributed by atoms with E-state index in [0.717, 1.165) is 54.0 Å². The quantitative estimate of drug-likeness (QED) is 0.818. The zero-order chi connectivity index (χ0) is 19.7. The van der Waals surface area contributed by atoms with Gasteiger partial charge >= 0.3 is 5.97 Å². The number of pyridine rings is 1. The minimum absolute atomic E-state index is 0.0556. The number of hydrogen-bond acceptors (Lipinski definition) is 6. The average Bonchev–Trinajstić information content (AvgIpc) is 2.73. The summed E-state index contributed by atoms with van der Waals surface area (Å²) in [6.45, 7) is 2.22. The van der Waals surface area contributed by atoms with Crippen LogP contribution in [0, 0.1) is 11.8 Å². The molecule has 2 aromatic rings. The fourth-order valence-electron chi connectivity index (χ4n) is 4.61. The van der Waals surface area contributed by atoms with Gasteiger partial charge in [-0.2, -0.15) is 0 Å². The maximum atomic E-state index is 11.7. The van der Waals surface area contributed by atoms with Crippen molar-refractivity contribution in [3.05, 3.63) is 24.4 Å². The molecule has 3 atom stereocenters. The minimum Gasteiger partial charge on any atom is -0.497 e. The predicted octanol–water partition coefficient (Wildman–Crippen LogP) is 2.53. The molecular weight excluding hydrogens is 358 g/mol. The molecule has 7 heteroatoms. The summed E-state index contributed by atoms with van der Waals surface area (Å²) in [5.74, 6) is 0.870. The van der Waals surface area contributed by atoms with Gasteiger partial charge in [0.05, 0.1) is 37.0 Å². The fraction of sp³-hybridized carbons (Fsp3) is 0.524.